The highest BCUT2D eigenvalue weighted by Crippen LogP contribution is 2.30. The summed E-state index contributed by atoms with van der Waals surface area (Å²) in [4.78, 5) is 0.208. The lowest BCUT2D eigenvalue weighted by atomic mass is 9.80. The van der Waals surface area contributed by atoms with Crippen molar-refractivity contribution < 1.29 is 23.2 Å². The summed E-state index contributed by atoms with van der Waals surface area (Å²) in [5, 5.41) is 17.8. The molecule has 1 aromatic carbocycles. The van der Waals surface area contributed by atoms with Crippen molar-refractivity contribution in [1.82, 2.24) is 0 Å². The second kappa shape index (κ2) is 4.46. The van der Waals surface area contributed by atoms with E-state index in [0.29, 0.717) is 0 Å². The first-order chi connectivity index (χ1) is 6.86. The Morgan fingerprint density at radius 3 is 2.27 bits per heavy atom. The molecule has 0 aliphatic heterocycles. The summed E-state index contributed by atoms with van der Waals surface area (Å²) in [6, 6.07) is 2.80. The molecule has 0 bridgehead atoms. The molecule has 7 heteroatoms. The summed E-state index contributed by atoms with van der Waals surface area (Å²) in [5.41, 5.74) is -0.716. The van der Waals surface area contributed by atoms with E-state index < -0.39 is 18.9 Å². The first-order valence-electron chi connectivity index (χ1n) is 3.97. The molecule has 0 spiro atoms. The minimum Gasteiger partial charge on any atom is -0.423 e. The molecular weight excluding hydrogens is 228 g/mol. The van der Waals surface area contributed by atoms with Gasteiger partial charge in [0.1, 0.15) is 0 Å². The molecule has 0 atom stereocenters. The van der Waals surface area contributed by atoms with E-state index in [1.165, 1.54) is 0 Å². The zero-order chi connectivity index (χ0) is 11.6. The van der Waals surface area contributed by atoms with Crippen LogP contribution < -0.4 is 5.46 Å². The fourth-order valence-corrected chi connectivity index (χ4v) is 1.75. The average molecular weight is 236 g/mol. The van der Waals surface area contributed by atoms with Gasteiger partial charge in [-0.3, -0.25) is 0 Å². The molecule has 1 rings (SSSR count). The van der Waals surface area contributed by atoms with E-state index in [9.17, 15) is 13.2 Å². The second-order valence-corrected chi connectivity index (χ2v) is 3.68. The van der Waals surface area contributed by atoms with E-state index in [0.717, 1.165) is 30.0 Å². The minimum absolute atomic E-state index is 0.0792. The zero-order valence-electron chi connectivity index (χ0n) is 7.75. The third-order valence-corrected chi connectivity index (χ3v) is 2.63. The number of benzene rings is 1. The van der Waals surface area contributed by atoms with Gasteiger partial charge in [-0.2, -0.15) is 13.2 Å². The van der Waals surface area contributed by atoms with Gasteiger partial charge in [0.15, 0.2) is 0 Å². The first kappa shape index (κ1) is 12.4. The van der Waals surface area contributed by atoms with Crippen LogP contribution in [0.5, 0.6) is 0 Å². The van der Waals surface area contributed by atoms with Crippen molar-refractivity contribution in [3.05, 3.63) is 23.8 Å². The molecule has 2 nitrogen and oxygen atoms in total. The Labute approximate surface area is 89.3 Å². The fourth-order valence-electron chi connectivity index (χ4n) is 1.10. The van der Waals surface area contributed by atoms with Crippen molar-refractivity contribution in [1.29, 1.82) is 0 Å². The lowest BCUT2D eigenvalue weighted by molar-refractivity contribution is -0.137. The molecule has 0 amide bonds. The summed E-state index contributed by atoms with van der Waals surface area (Å²) < 4.78 is 36.9. The number of hydrogen-bond acceptors (Lipinski definition) is 3. The monoisotopic (exact) mass is 236 g/mol. The van der Waals surface area contributed by atoms with Crippen molar-refractivity contribution in [3.63, 3.8) is 0 Å². The van der Waals surface area contributed by atoms with Gasteiger partial charge >= 0.3 is 13.3 Å². The van der Waals surface area contributed by atoms with Gasteiger partial charge < -0.3 is 10.0 Å². The molecule has 0 aliphatic rings. The van der Waals surface area contributed by atoms with Crippen LogP contribution in [0.2, 0.25) is 0 Å². The lowest BCUT2D eigenvalue weighted by Gasteiger charge is -2.11. The fraction of sp³-hybridized carbons (Fsp3) is 0.250. The van der Waals surface area contributed by atoms with Crippen LogP contribution in [0.3, 0.4) is 0 Å². The number of thioether (sulfide) groups is 1. The molecule has 2 N–H and O–H groups in total. The normalized spacial score (nSPS) is 11.6. The minimum atomic E-state index is -4.41. The summed E-state index contributed by atoms with van der Waals surface area (Å²) in [7, 11) is -1.75. The Hall–Kier alpha value is -0.655. The van der Waals surface area contributed by atoms with Gasteiger partial charge in [0, 0.05) is 4.90 Å². The Morgan fingerprint density at radius 2 is 1.87 bits per heavy atom. The van der Waals surface area contributed by atoms with E-state index in [-0.39, 0.29) is 10.4 Å². The smallest absolute Gasteiger partial charge is 0.423 e. The van der Waals surface area contributed by atoms with Gasteiger partial charge in [0.2, 0.25) is 0 Å². The maximum absolute atomic E-state index is 12.3. The lowest BCUT2D eigenvalue weighted by Crippen LogP contribution is -2.31. The van der Waals surface area contributed by atoms with E-state index in [1.54, 1.807) is 6.26 Å². The largest absolute Gasteiger partial charge is 0.489 e. The summed E-state index contributed by atoms with van der Waals surface area (Å²) >= 11 is 1.03. The van der Waals surface area contributed by atoms with E-state index in [4.69, 9.17) is 10.0 Å². The van der Waals surface area contributed by atoms with E-state index >= 15 is 0 Å². The van der Waals surface area contributed by atoms with Gasteiger partial charge in [-0.1, -0.05) is 12.1 Å². The van der Waals surface area contributed by atoms with Gasteiger partial charge in [-0.05, 0) is 17.8 Å². The third kappa shape index (κ3) is 2.90. The van der Waals surface area contributed by atoms with E-state index in [1.807, 2.05) is 0 Å². The molecular formula is C8H8BF3O2S. The molecule has 0 aromatic heterocycles. The van der Waals surface area contributed by atoms with Gasteiger partial charge in [-0.15, -0.1) is 11.8 Å². The maximum atomic E-state index is 12.3. The summed E-state index contributed by atoms with van der Waals surface area (Å²) in [5.74, 6) is 0. The highest BCUT2D eigenvalue weighted by atomic mass is 32.2. The molecule has 0 heterocycles. The zero-order valence-corrected chi connectivity index (χ0v) is 8.56. The van der Waals surface area contributed by atoms with Gasteiger partial charge in [-0.25, -0.2) is 0 Å². The molecule has 0 saturated heterocycles. The van der Waals surface area contributed by atoms with Gasteiger partial charge in [0.25, 0.3) is 0 Å². The van der Waals surface area contributed by atoms with Crippen molar-refractivity contribution >= 4 is 24.3 Å². The van der Waals surface area contributed by atoms with E-state index in [2.05, 4.69) is 0 Å². The number of halogens is 3. The SMILES string of the molecule is CSc1cc(C(F)(F)F)ccc1B(O)O. The van der Waals surface area contributed by atoms with Crippen molar-refractivity contribution in [2.45, 2.75) is 11.1 Å². The van der Waals surface area contributed by atoms with Crippen molar-refractivity contribution in [3.8, 4) is 0 Å². The third-order valence-electron chi connectivity index (χ3n) is 1.84. The first-order valence-corrected chi connectivity index (χ1v) is 5.20. The number of alkyl halides is 3. The summed E-state index contributed by atoms with van der Waals surface area (Å²) in [6.45, 7) is 0. The van der Waals surface area contributed by atoms with Crippen LogP contribution in [0, 0.1) is 0 Å². The van der Waals surface area contributed by atoms with Crippen LogP contribution in [-0.4, -0.2) is 23.4 Å². The Bertz CT molecular complexity index is 354. The average Bonchev–Trinajstić information content (AvgIpc) is 2.15. The predicted octanol–water partition coefficient (Wildman–Crippen LogP) is 1.11. The number of hydrogen-bond donors (Lipinski definition) is 2. The second-order valence-electron chi connectivity index (χ2n) is 2.83. The number of rotatable bonds is 2. The highest BCUT2D eigenvalue weighted by molar-refractivity contribution is 7.98. The molecule has 15 heavy (non-hydrogen) atoms. The highest BCUT2D eigenvalue weighted by Gasteiger charge is 2.31. The van der Waals surface area contributed by atoms with Crippen LogP contribution in [0.4, 0.5) is 13.2 Å². The molecule has 0 radical (unpaired) electrons. The maximum Gasteiger partial charge on any atom is 0.489 e. The molecule has 0 fully saturated rings. The van der Waals surface area contributed by atoms with Gasteiger partial charge in [0.05, 0.1) is 5.56 Å². The standard InChI is InChI=1S/C8H8BF3O2S/c1-15-7-4-5(8(10,11)12)2-3-6(7)9(13)14/h2-4,13-14H,1H3. The van der Waals surface area contributed by atoms with Crippen LogP contribution in [0.25, 0.3) is 0 Å². The van der Waals surface area contributed by atoms with Crippen molar-refractivity contribution in [2.75, 3.05) is 6.26 Å². The van der Waals surface area contributed by atoms with Crippen LogP contribution >= 0.6 is 11.8 Å². The molecule has 0 saturated carbocycles. The van der Waals surface area contributed by atoms with Crippen LogP contribution in [0.15, 0.2) is 23.1 Å². The van der Waals surface area contributed by atoms with Crippen molar-refractivity contribution in [2.24, 2.45) is 0 Å². The Kier molecular flexibility index (Phi) is 3.69. The molecule has 82 valence electrons. The topological polar surface area (TPSA) is 40.5 Å². The summed E-state index contributed by atoms with van der Waals surface area (Å²) in [6.07, 6.45) is -2.84. The Morgan fingerprint density at radius 1 is 1.27 bits per heavy atom. The predicted molar refractivity (Wildman–Crippen MR) is 53.1 cm³/mol. The quantitative estimate of drug-likeness (QED) is 0.596. The van der Waals surface area contributed by atoms with Crippen LogP contribution in [0.1, 0.15) is 5.56 Å². The molecule has 0 unspecified atom stereocenters. The molecule has 1 aromatic rings. The molecule has 0 aliphatic carbocycles. The van der Waals surface area contributed by atoms with Crippen LogP contribution in [-0.2, 0) is 6.18 Å². The Balaban J connectivity index is 3.19.